The fraction of sp³-hybridized carbons (Fsp3) is 0.273. The van der Waals surface area contributed by atoms with Gasteiger partial charge in [0.25, 0.3) is 0 Å². The Bertz CT molecular complexity index is 529. The van der Waals surface area contributed by atoms with Crippen LogP contribution in [0, 0.1) is 0 Å². The lowest BCUT2D eigenvalue weighted by atomic mass is 10.1. The molecule has 0 spiro atoms. The maximum Gasteiger partial charge on any atom is 0.248 e. The Morgan fingerprint density at radius 2 is 2.38 bits per heavy atom. The van der Waals surface area contributed by atoms with Crippen molar-refractivity contribution in [2.45, 2.75) is 6.04 Å². The Kier molecular flexibility index (Phi) is 2.87. The highest BCUT2D eigenvalue weighted by molar-refractivity contribution is 5.22. The third-order valence-corrected chi connectivity index (χ3v) is 2.54. The molecule has 0 saturated carbocycles. The molecule has 5 nitrogen and oxygen atoms in total. The van der Waals surface area contributed by atoms with Crippen LogP contribution in [0.15, 0.2) is 35.5 Å². The molecular weight excluding hydrogens is 204 g/mol. The molecule has 5 heteroatoms. The minimum atomic E-state index is -0.105. The standard InChI is InChI=1S/C11H14N4O/c1-12-10(11-14-5-6-15(11)2)8-3-4-13-9(16)7-8/h3-7,10,12H,1-2H3,(H,13,16). The van der Waals surface area contributed by atoms with E-state index >= 15 is 0 Å². The summed E-state index contributed by atoms with van der Waals surface area (Å²) in [5, 5.41) is 3.15. The summed E-state index contributed by atoms with van der Waals surface area (Å²) in [5.74, 6) is 0.883. The van der Waals surface area contributed by atoms with E-state index in [1.165, 1.54) is 0 Å². The zero-order valence-electron chi connectivity index (χ0n) is 9.27. The van der Waals surface area contributed by atoms with Crippen molar-refractivity contribution < 1.29 is 0 Å². The molecular formula is C11H14N4O. The molecule has 0 aliphatic rings. The number of H-pyrrole nitrogens is 1. The van der Waals surface area contributed by atoms with Crippen LogP contribution >= 0.6 is 0 Å². The Morgan fingerprint density at radius 3 is 2.94 bits per heavy atom. The van der Waals surface area contributed by atoms with Crippen molar-refractivity contribution in [3.63, 3.8) is 0 Å². The Morgan fingerprint density at radius 1 is 1.56 bits per heavy atom. The fourth-order valence-corrected chi connectivity index (χ4v) is 1.74. The summed E-state index contributed by atoms with van der Waals surface area (Å²) < 4.78 is 1.93. The summed E-state index contributed by atoms with van der Waals surface area (Å²) in [4.78, 5) is 18.1. The minimum absolute atomic E-state index is 0.0673. The van der Waals surface area contributed by atoms with Crippen LogP contribution in [0.4, 0.5) is 0 Å². The lowest BCUT2D eigenvalue weighted by Gasteiger charge is -2.15. The lowest BCUT2D eigenvalue weighted by molar-refractivity contribution is 0.616. The molecule has 0 aliphatic heterocycles. The third-order valence-electron chi connectivity index (χ3n) is 2.54. The molecule has 0 saturated heterocycles. The minimum Gasteiger partial charge on any atom is -0.336 e. The zero-order chi connectivity index (χ0) is 11.5. The molecule has 0 fully saturated rings. The predicted octanol–water partition coefficient (Wildman–Crippen LogP) is 0.417. The van der Waals surface area contributed by atoms with Crippen LogP contribution in [-0.2, 0) is 7.05 Å². The summed E-state index contributed by atoms with van der Waals surface area (Å²) in [6, 6.07) is 3.38. The van der Waals surface area contributed by atoms with Gasteiger partial charge in [-0.05, 0) is 18.7 Å². The first-order valence-electron chi connectivity index (χ1n) is 5.05. The van der Waals surface area contributed by atoms with Crippen molar-refractivity contribution >= 4 is 0 Å². The van der Waals surface area contributed by atoms with Crippen molar-refractivity contribution in [1.29, 1.82) is 0 Å². The van der Waals surface area contributed by atoms with Crippen molar-refractivity contribution in [2.75, 3.05) is 7.05 Å². The zero-order valence-corrected chi connectivity index (χ0v) is 9.27. The Balaban J connectivity index is 2.44. The number of nitrogens with one attached hydrogen (secondary N) is 2. The van der Waals surface area contributed by atoms with Crippen molar-refractivity contribution in [3.05, 3.63) is 52.5 Å². The summed E-state index contributed by atoms with van der Waals surface area (Å²) in [6.45, 7) is 0. The van der Waals surface area contributed by atoms with E-state index in [2.05, 4.69) is 15.3 Å². The third kappa shape index (κ3) is 1.90. The lowest BCUT2D eigenvalue weighted by Crippen LogP contribution is -2.22. The first kappa shape index (κ1) is 10.6. The number of pyridine rings is 1. The van der Waals surface area contributed by atoms with Crippen LogP contribution in [0.5, 0.6) is 0 Å². The second kappa shape index (κ2) is 4.32. The van der Waals surface area contributed by atoms with Gasteiger partial charge in [0, 0.05) is 31.7 Å². The van der Waals surface area contributed by atoms with Crippen LogP contribution in [0.2, 0.25) is 0 Å². The first-order valence-corrected chi connectivity index (χ1v) is 5.05. The average Bonchev–Trinajstić information content (AvgIpc) is 2.67. The van der Waals surface area contributed by atoms with Crippen molar-refractivity contribution in [2.24, 2.45) is 7.05 Å². The van der Waals surface area contributed by atoms with E-state index in [1.54, 1.807) is 18.5 Å². The molecule has 0 radical (unpaired) electrons. The first-order chi connectivity index (χ1) is 7.72. The number of nitrogens with zero attached hydrogens (tertiary/aromatic N) is 2. The van der Waals surface area contributed by atoms with Crippen LogP contribution in [0.1, 0.15) is 17.4 Å². The molecule has 0 amide bonds. The van der Waals surface area contributed by atoms with Gasteiger partial charge in [0.05, 0.1) is 6.04 Å². The van der Waals surface area contributed by atoms with E-state index in [0.29, 0.717) is 0 Å². The SMILES string of the molecule is CNC(c1cc[nH]c(=O)c1)c1nccn1C. The molecule has 2 aromatic rings. The van der Waals surface area contributed by atoms with Crippen LogP contribution in [-0.4, -0.2) is 21.6 Å². The smallest absolute Gasteiger partial charge is 0.248 e. The second-order valence-electron chi connectivity index (χ2n) is 3.60. The molecule has 16 heavy (non-hydrogen) atoms. The molecule has 2 aromatic heterocycles. The van der Waals surface area contributed by atoms with E-state index < -0.39 is 0 Å². The van der Waals surface area contributed by atoms with Crippen LogP contribution < -0.4 is 10.9 Å². The molecule has 1 unspecified atom stereocenters. The highest BCUT2D eigenvalue weighted by Crippen LogP contribution is 2.17. The van der Waals surface area contributed by atoms with Gasteiger partial charge in [-0.1, -0.05) is 0 Å². The Hall–Kier alpha value is -1.88. The van der Waals surface area contributed by atoms with Crippen molar-refractivity contribution in [3.8, 4) is 0 Å². The molecule has 0 aromatic carbocycles. The van der Waals surface area contributed by atoms with Gasteiger partial charge in [0.2, 0.25) is 5.56 Å². The second-order valence-corrected chi connectivity index (χ2v) is 3.60. The van der Waals surface area contributed by atoms with Crippen LogP contribution in [0.25, 0.3) is 0 Å². The number of aryl methyl sites for hydroxylation is 1. The molecule has 1 atom stereocenters. The predicted molar refractivity (Wildman–Crippen MR) is 61.2 cm³/mol. The molecule has 84 valence electrons. The summed E-state index contributed by atoms with van der Waals surface area (Å²) in [5.41, 5.74) is 0.799. The maximum atomic E-state index is 11.3. The summed E-state index contributed by atoms with van der Waals surface area (Å²) in [7, 11) is 3.78. The number of aromatic nitrogens is 3. The van der Waals surface area contributed by atoms with Gasteiger partial charge in [-0.15, -0.1) is 0 Å². The normalized spacial score (nSPS) is 12.6. The largest absolute Gasteiger partial charge is 0.336 e. The molecule has 2 N–H and O–H groups in total. The number of imidazole rings is 1. The summed E-state index contributed by atoms with van der Waals surface area (Å²) in [6.07, 6.45) is 5.27. The van der Waals surface area contributed by atoms with Gasteiger partial charge < -0.3 is 14.9 Å². The van der Waals surface area contributed by atoms with E-state index in [4.69, 9.17) is 0 Å². The van der Waals surface area contributed by atoms with Gasteiger partial charge in [0.1, 0.15) is 5.82 Å². The van der Waals surface area contributed by atoms with Gasteiger partial charge in [-0.2, -0.15) is 0 Å². The highest BCUT2D eigenvalue weighted by atomic mass is 16.1. The van der Waals surface area contributed by atoms with E-state index in [-0.39, 0.29) is 11.6 Å². The van der Waals surface area contributed by atoms with Gasteiger partial charge in [-0.3, -0.25) is 4.79 Å². The number of rotatable bonds is 3. The Labute approximate surface area is 93.2 Å². The topological polar surface area (TPSA) is 62.7 Å². The van der Waals surface area contributed by atoms with Gasteiger partial charge >= 0.3 is 0 Å². The fourth-order valence-electron chi connectivity index (χ4n) is 1.74. The molecule has 0 bridgehead atoms. The summed E-state index contributed by atoms with van der Waals surface area (Å²) >= 11 is 0. The van der Waals surface area contributed by atoms with E-state index in [0.717, 1.165) is 11.4 Å². The molecule has 2 rings (SSSR count). The quantitative estimate of drug-likeness (QED) is 0.784. The van der Waals surface area contributed by atoms with E-state index in [9.17, 15) is 4.79 Å². The molecule has 2 heterocycles. The van der Waals surface area contributed by atoms with Crippen molar-refractivity contribution in [1.82, 2.24) is 19.9 Å². The van der Waals surface area contributed by atoms with E-state index in [1.807, 2.05) is 30.9 Å². The molecule has 0 aliphatic carbocycles. The average molecular weight is 218 g/mol. The number of aromatic amines is 1. The maximum absolute atomic E-state index is 11.3. The highest BCUT2D eigenvalue weighted by Gasteiger charge is 2.16. The monoisotopic (exact) mass is 218 g/mol. The van der Waals surface area contributed by atoms with Crippen LogP contribution in [0.3, 0.4) is 0 Å². The van der Waals surface area contributed by atoms with Gasteiger partial charge in [0.15, 0.2) is 0 Å². The van der Waals surface area contributed by atoms with Gasteiger partial charge in [-0.25, -0.2) is 4.98 Å². The number of hydrogen-bond donors (Lipinski definition) is 2. The number of hydrogen-bond acceptors (Lipinski definition) is 3.